The highest BCUT2D eigenvalue weighted by atomic mass is 35.5. The topological polar surface area (TPSA) is 33.7 Å². The predicted molar refractivity (Wildman–Crippen MR) is 127 cm³/mol. The molecule has 0 aromatic heterocycles. The number of hydrogen-bond acceptors (Lipinski definition) is 4. The molecular formula is C22H33Cl3N2O2. The SMILES string of the molecule is CCN(CC)CCCNCc1ccc(OCc2cccc(Cl)c2)c(OC)c1.Cl.Cl. The lowest BCUT2D eigenvalue weighted by Crippen LogP contribution is -2.27. The average Bonchev–Trinajstić information content (AvgIpc) is 2.69. The van der Waals surface area contributed by atoms with Crippen molar-refractivity contribution in [2.24, 2.45) is 0 Å². The minimum absolute atomic E-state index is 0. The quantitative estimate of drug-likeness (QED) is 0.416. The van der Waals surface area contributed by atoms with Gasteiger partial charge in [-0.1, -0.05) is 43.6 Å². The number of methoxy groups -OCH3 is 1. The van der Waals surface area contributed by atoms with E-state index in [0.29, 0.717) is 11.6 Å². The molecule has 0 saturated heterocycles. The number of nitrogens with zero attached hydrogens (tertiary/aromatic N) is 1. The number of halogens is 3. The molecule has 0 amide bonds. The molecule has 0 spiro atoms. The Morgan fingerprint density at radius 3 is 2.38 bits per heavy atom. The highest BCUT2D eigenvalue weighted by Gasteiger charge is 2.07. The van der Waals surface area contributed by atoms with E-state index in [1.54, 1.807) is 7.11 Å². The van der Waals surface area contributed by atoms with Gasteiger partial charge in [-0.15, -0.1) is 24.8 Å². The van der Waals surface area contributed by atoms with Crippen molar-refractivity contribution in [2.45, 2.75) is 33.4 Å². The van der Waals surface area contributed by atoms with Gasteiger partial charge in [0, 0.05) is 11.6 Å². The van der Waals surface area contributed by atoms with E-state index in [0.717, 1.165) is 56.2 Å². The Bertz CT molecular complexity index is 698. The van der Waals surface area contributed by atoms with E-state index in [-0.39, 0.29) is 24.8 Å². The van der Waals surface area contributed by atoms with Crippen LogP contribution in [-0.2, 0) is 13.2 Å². The molecule has 29 heavy (non-hydrogen) atoms. The second-order valence-corrected chi connectivity index (χ2v) is 6.90. The Kier molecular flexibility index (Phi) is 15.0. The molecule has 0 aliphatic carbocycles. The zero-order valence-corrected chi connectivity index (χ0v) is 19.8. The highest BCUT2D eigenvalue weighted by molar-refractivity contribution is 6.30. The van der Waals surface area contributed by atoms with E-state index in [2.05, 4.69) is 30.1 Å². The third-order valence-corrected chi connectivity index (χ3v) is 4.80. The van der Waals surface area contributed by atoms with Gasteiger partial charge >= 0.3 is 0 Å². The van der Waals surface area contributed by atoms with Crippen molar-refractivity contribution in [2.75, 3.05) is 33.3 Å². The van der Waals surface area contributed by atoms with Crippen LogP contribution in [0.5, 0.6) is 11.5 Å². The van der Waals surface area contributed by atoms with Crippen molar-refractivity contribution in [1.29, 1.82) is 0 Å². The fraction of sp³-hybridized carbons (Fsp3) is 0.455. The summed E-state index contributed by atoms with van der Waals surface area (Å²) in [5.41, 5.74) is 2.22. The first-order valence-electron chi connectivity index (χ1n) is 9.63. The van der Waals surface area contributed by atoms with Crippen LogP contribution in [0.2, 0.25) is 5.02 Å². The van der Waals surface area contributed by atoms with Gasteiger partial charge in [-0.2, -0.15) is 0 Å². The lowest BCUT2D eigenvalue weighted by molar-refractivity contribution is 0.284. The molecule has 0 heterocycles. The first-order chi connectivity index (χ1) is 13.2. The first kappa shape index (κ1) is 27.8. The van der Waals surface area contributed by atoms with Crippen LogP contribution in [0, 0.1) is 0 Å². The maximum atomic E-state index is 6.02. The Hall–Kier alpha value is -1.17. The molecule has 7 heteroatoms. The summed E-state index contributed by atoms with van der Waals surface area (Å²) in [5, 5.41) is 4.22. The van der Waals surface area contributed by atoms with Gasteiger partial charge in [-0.05, 0) is 68.0 Å². The second-order valence-electron chi connectivity index (χ2n) is 6.46. The normalized spacial score (nSPS) is 10.2. The summed E-state index contributed by atoms with van der Waals surface area (Å²) in [7, 11) is 1.67. The van der Waals surface area contributed by atoms with Gasteiger partial charge in [0.25, 0.3) is 0 Å². The van der Waals surface area contributed by atoms with Crippen LogP contribution < -0.4 is 14.8 Å². The van der Waals surface area contributed by atoms with Crippen molar-refractivity contribution in [1.82, 2.24) is 10.2 Å². The van der Waals surface area contributed by atoms with Crippen molar-refractivity contribution in [3.05, 3.63) is 58.6 Å². The Labute approximate surface area is 192 Å². The smallest absolute Gasteiger partial charge is 0.161 e. The molecule has 2 aromatic carbocycles. The number of hydrogen-bond donors (Lipinski definition) is 1. The van der Waals surface area contributed by atoms with Crippen LogP contribution in [0.4, 0.5) is 0 Å². The van der Waals surface area contributed by atoms with Crippen LogP contribution in [0.25, 0.3) is 0 Å². The zero-order chi connectivity index (χ0) is 19.5. The fourth-order valence-corrected chi connectivity index (χ4v) is 3.14. The molecule has 1 N–H and O–H groups in total. The van der Waals surface area contributed by atoms with E-state index in [1.807, 2.05) is 36.4 Å². The fourth-order valence-electron chi connectivity index (χ4n) is 2.93. The third-order valence-electron chi connectivity index (χ3n) is 4.56. The second kappa shape index (κ2) is 15.6. The molecule has 0 aliphatic rings. The summed E-state index contributed by atoms with van der Waals surface area (Å²) in [5.74, 6) is 1.49. The minimum Gasteiger partial charge on any atom is -0.493 e. The maximum absolute atomic E-state index is 6.02. The van der Waals surface area contributed by atoms with Gasteiger partial charge in [0.1, 0.15) is 6.61 Å². The molecule has 2 aromatic rings. The van der Waals surface area contributed by atoms with Gasteiger partial charge in [-0.25, -0.2) is 0 Å². The van der Waals surface area contributed by atoms with Crippen LogP contribution in [0.3, 0.4) is 0 Å². The summed E-state index contributed by atoms with van der Waals surface area (Å²) in [6.45, 7) is 10.1. The lowest BCUT2D eigenvalue weighted by atomic mass is 10.2. The molecular weight excluding hydrogens is 431 g/mol. The number of rotatable bonds is 12. The van der Waals surface area contributed by atoms with Crippen molar-refractivity contribution in [3.8, 4) is 11.5 Å². The standard InChI is InChI=1S/C22H31ClN2O2.2ClH/c1-4-25(5-2)13-7-12-24-16-18-10-11-21(22(15-18)26-3)27-17-19-8-6-9-20(23)14-19;;/h6,8-11,14-15,24H,4-5,7,12-13,16-17H2,1-3H3;2*1H. The molecule has 0 bridgehead atoms. The van der Waals surface area contributed by atoms with E-state index >= 15 is 0 Å². The monoisotopic (exact) mass is 462 g/mol. The van der Waals surface area contributed by atoms with Gasteiger partial charge in [0.05, 0.1) is 7.11 Å². The molecule has 2 rings (SSSR count). The van der Waals surface area contributed by atoms with Gasteiger partial charge in [0.15, 0.2) is 11.5 Å². The molecule has 164 valence electrons. The molecule has 0 atom stereocenters. The van der Waals surface area contributed by atoms with Crippen LogP contribution in [0.1, 0.15) is 31.4 Å². The van der Waals surface area contributed by atoms with Crippen molar-refractivity contribution in [3.63, 3.8) is 0 Å². The number of benzene rings is 2. The summed E-state index contributed by atoms with van der Waals surface area (Å²) in [4.78, 5) is 2.44. The molecule has 0 aliphatic heterocycles. The van der Waals surface area contributed by atoms with E-state index in [4.69, 9.17) is 21.1 Å². The summed E-state index contributed by atoms with van der Waals surface area (Å²) in [6.07, 6.45) is 1.15. The number of nitrogens with one attached hydrogen (secondary N) is 1. The van der Waals surface area contributed by atoms with E-state index in [1.165, 1.54) is 5.56 Å². The summed E-state index contributed by atoms with van der Waals surface area (Å²) >= 11 is 6.02. The average molecular weight is 464 g/mol. The van der Waals surface area contributed by atoms with Crippen LogP contribution in [0.15, 0.2) is 42.5 Å². The Balaban J connectivity index is 0.00000392. The molecule has 0 saturated carbocycles. The van der Waals surface area contributed by atoms with Crippen LogP contribution >= 0.6 is 36.4 Å². The Morgan fingerprint density at radius 2 is 1.72 bits per heavy atom. The maximum Gasteiger partial charge on any atom is 0.161 e. The zero-order valence-electron chi connectivity index (χ0n) is 17.4. The number of ether oxygens (including phenoxy) is 2. The lowest BCUT2D eigenvalue weighted by Gasteiger charge is -2.17. The largest absolute Gasteiger partial charge is 0.493 e. The molecule has 0 fully saturated rings. The van der Waals surface area contributed by atoms with E-state index < -0.39 is 0 Å². The molecule has 0 radical (unpaired) electrons. The van der Waals surface area contributed by atoms with Gasteiger partial charge in [-0.3, -0.25) is 0 Å². The third kappa shape index (κ3) is 9.92. The first-order valence-corrected chi connectivity index (χ1v) is 10.0. The van der Waals surface area contributed by atoms with Gasteiger partial charge < -0.3 is 19.7 Å². The van der Waals surface area contributed by atoms with Crippen LogP contribution in [-0.4, -0.2) is 38.2 Å². The van der Waals surface area contributed by atoms with E-state index in [9.17, 15) is 0 Å². The summed E-state index contributed by atoms with van der Waals surface area (Å²) < 4.78 is 11.4. The van der Waals surface area contributed by atoms with Crippen molar-refractivity contribution < 1.29 is 9.47 Å². The highest BCUT2D eigenvalue weighted by Crippen LogP contribution is 2.29. The Morgan fingerprint density at radius 1 is 0.966 bits per heavy atom. The van der Waals surface area contributed by atoms with Gasteiger partial charge in [0.2, 0.25) is 0 Å². The van der Waals surface area contributed by atoms with Crippen molar-refractivity contribution >= 4 is 36.4 Å². The molecule has 4 nitrogen and oxygen atoms in total. The predicted octanol–water partition coefficient (Wildman–Crippen LogP) is 5.59. The molecule has 0 unspecified atom stereocenters. The minimum atomic E-state index is 0. The summed E-state index contributed by atoms with van der Waals surface area (Å²) in [6, 6.07) is 13.8.